The summed E-state index contributed by atoms with van der Waals surface area (Å²) in [6.07, 6.45) is 0.549. The predicted octanol–water partition coefficient (Wildman–Crippen LogP) is 5.97. The molecular formula is C27H22ClFN4O2S. The van der Waals surface area contributed by atoms with Gasteiger partial charge in [0.25, 0.3) is 5.91 Å². The van der Waals surface area contributed by atoms with Crippen molar-refractivity contribution in [3.05, 3.63) is 100 Å². The molecule has 182 valence electrons. The van der Waals surface area contributed by atoms with Crippen molar-refractivity contribution < 1.29 is 14.0 Å². The number of amidine groups is 1. The molecule has 2 atom stereocenters. The lowest BCUT2D eigenvalue weighted by molar-refractivity contribution is -0.121. The highest BCUT2D eigenvalue weighted by Crippen LogP contribution is 2.38. The van der Waals surface area contributed by atoms with Gasteiger partial charge in [0.05, 0.1) is 11.8 Å². The van der Waals surface area contributed by atoms with E-state index in [1.165, 1.54) is 17.8 Å². The number of anilines is 1. The quantitative estimate of drug-likeness (QED) is 0.450. The van der Waals surface area contributed by atoms with Crippen LogP contribution >= 0.6 is 23.4 Å². The van der Waals surface area contributed by atoms with Crippen molar-refractivity contribution in [2.75, 3.05) is 5.32 Å². The minimum absolute atomic E-state index is 0.0798. The number of carbonyl (C=O) groups excluding carboxylic acids is 2. The number of aryl methyl sites for hydroxylation is 1. The number of nitrogens with zero attached hydrogens (tertiary/aromatic N) is 3. The van der Waals surface area contributed by atoms with Crippen LogP contribution in [0.5, 0.6) is 0 Å². The smallest absolute Gasteiger partial charge is 0.262 e. The van der Waals surface area contributed by atoms with Crippen LogP contribution in [0.3, 0.4) is 0 Å². The van der Waals surface area contributed by atoms with Crippen molar-refractivity contribution in [2.45, 2.75) is 31.1 Å². The van der Waals surface area contributed by atoms with Crippen molar-refractivity contribution >= 4 is 51.7 Å². The number of aliphatic imine (C=N–C) groups is 1. The molecule has 36 heavy (non-hydrogen) atoms. The summed E-state index contributed by atoms with van der Waals surface area (Å²) in [5, 5.41) is 9.68. The molecule has 9 heteroatoms. The molecule has 0 aromatic heterocycles. The van der Waals surface area contributed by atoms with Crippen LogP contribution in [0.15, 0.2) is 82.9 Å². The average molecular weight is 521 g/mol. The second kappa shape index (κ2) is 10.2. The lowest BCUT2D eigenvalue weighted by atomic mass is 9.99. The van der Waals surface area contributed by atoms with Gasteiger partial charge in [0.2, 0.25) is 5.91 Å². The first-order valence-corrected chi connectivity index (χ1v) is 12.7. The van der Waals surface area contributed by atoms with Gasteiger partial charge in [-0.2, -0.15) is 10.1 Å². The number of halogens is 2. The van der Waals surface area contributed by atoms with E-state index in [0.29, 0.717) is 27.9 Å². The van der Waals surface area contributed by atoms with Crippen LogP contribution in [0.25, 0.3) is 0 Å². The van der Waals surface area contributed by atoms with Crippen LogP contribution in [0.1, 0.15) is 35.6 Å². The van der Waals surface area contributed by atoms with E-state index in [0.717, 1.165) is 16.8 Å². The number of amides is 2. The summed E-state index contributed by atoms with van der Waals surface area (Å²) in [5.74, 6) is -1.17. The van der Waals surface area contributed by atoms with Crippen LogP contribution in [-0.4, -0.2) is 33.0 Å². The number of thioether (sulfide) groups is 1. The second-order valence-corrected chi connectivity index (χ2v) is 10.2. The Morgan fingerprint density at radius 2 is 1.89 bits per heavy atom. The Hall–Kier alpha value is -3.49. The summed E-state index contributed by atoms with van der Waals surface area (Å²) in [4.78, 5) is 29.6. The first-order valence-electron chi connectivity index (χ1n) is 11.4. The van der Waals surface area contributed by atoms with Gasteiger partial charge in [-0.05, 0) is 47.9 Å². The Bertz CT molecular complexity index is 1380. The number of nitrogens with one attached hydrogen (secondary N) is 1. The molecular weight excluding hydrogens is 499 g/mol. The van der Waals surface area contributed by atoms with Gasteiger partial charge in [-0.1, -0.05) is 71.9 Å². The fourth-order valence-corrected chi connectivity index (χ4v) is 5.28. The number of hydrogen-bond acceptors (Lipinski definition) is 5. The lowest BCUT2D eigenvalue weighted by Crippen LogP contribution is -2.25. The van der Waals surface area contributed by atoms with Crippen LogP contribution in [0.4, 0.5) is 10.1 Å². The molecule has 0 saturated carbocycles. The predicted molar refractivity (Wildman–Crippen MR) is 142 cm³/mol. The van der Waals surface area contributed by atoms with Gasteiger partial charge in [0, 0.05) is 23.6 Å². The molecule has 2 aliphatic heterocycles. The summed E-state index contributed by atoms with van der Waals surface area (Å²) >= 11 is 7.27. The minimum atomic E-state index is -0.679. The largest absolute Gasteiger partial charge is 0.326 e. The van der Waals surface area contributed by atoms with Crippen LogP contribution in [0, 0.1) is 12.7 Å². The maximum atomic E-state index is 13.8. The molecule has 0 spiro atoms. The van der Waals surface area contributed by atoms with Gasteiger partial charge in [0.15, 0.2) is 5.17 Å². The fourth-order valence-electron chi connectivity index (χ4n) is 4.09. The van der Waals surface area contributed by atoms with E-state index in [-0.39, 0.29) is 24.3 Å². The van der Waals surface area contributed by atoms with Gasteiger partial charge in [0.1, 0.15) is 11.1 Å². The van der Waals surface area contributed by atoms with Crippen LogP contribution < -0.4 is 5.32 Å². The maximum Gasteiger partial charge on any atom is 0.262 e. The topological polar surface area (TPSA) is 74.1 Å². The Morgan fingerprint density at radius 3 is 2.61 bits per heavy atom. The molecule has 5 rings (SSSR count). The summed E-state index contributed by atoms with van der Waals surface area (Å²) in [6.45, 7) is 1.65. The molecule has 3 aromatic carbocycles. The fraction of sp³-hybridized carbons (Fsp3) is 0.185. The van der Waals surface area contributed by atoms with Crippen LogP contribution in [0.2, 0.25) is 5.02 Å². The van der Waals surface area contributed by atoms with Gasteiger partial charge in [-0.15, -0.1) is 0 Å². The number of carbonyl (C=O) groups is 2. The minimum Gasteiger partial charge on any atom is -0.326 e. The highest BCUT2D eigenvalue weighted by molar-refractivity contribution is 8.15. The third-order valence-electron chi connectivity index (χ3n) is 6.02. The molecule has 0 aliphatic carbocycles. The second-order valence-electron chi connectivity index (χ2n) is 8.58. The maximum absolute atomic E-state index is 13.8. The van der Waals surface area contributed by atoms with Gasteiger partial charge in [-0.25, -0.2) is 9.40 Å². The van der Waals surface area contributed by atoms with Gasteiger partial charge < -0.3 is 5.32 Å². The van der Waals surface area contributed by atoms with Crippen molar-refractivity contribution in [3.8, 4) is 0 Å². The third-order valence-corrected chi connectivity index (χ3v) is 7.42. The molecule has 2 heterocycles. The summed E-state index contributed by atoms with van der Waals surface area (Å²) in [7, 11) is 0. The van der Waals surface area contributed by atoms with E-state index < -0.39 is 11.1 Å². The summed E-state index contributed by atoms with van der Waals surface area (Å²) < 4.78 is 13.8. The van der Waals surface area contributed by atoms with Gasteiger partial charge >= 0.3 is 0 Å². The molecule has 0 unspecified atom stereocenters. The lowest BCUT2D eigenvalue weighted by Gasteiger charge is -2.23. The van der Waals surface area contributed by atoms with E-state index >= 15 is 0 Å². The molecule has 2 amide bonds. The van der Waals surface area contributed by atoms with Crippen molar-refractivity contribution in [1.29, 1.82) is 0 Å². The highest BCUT2D eigenvalue weighted by Gasteiger charge is 2.39. The number of rotatable bonds is 5. The van der Waals surface area contributed by atoms with Crippen molar-refractivity contribution in [2.24, 2.45) is 10.1 Å². The zero-order chi connectivity index (χ0) is 25.2. The highest BCUT2D eigenvalue weighted by atomic mass is 35.5. The van der Waals surface area contributed by atoms with E-state index in [1.54, 1.807) is 24.1 Å². The number of hydrogen-bond donors (Lipinski definition) is 1. The van der Waals surface area contributed by atoms with E-state index in [9.17, 15) is 14.0 Å². The normalized spacial score (nSPS) is 19.3. The third kappa shape index (κ3) is 5.20. The summed E-state index contributed by atoms with van der Waals surface area (Å²) in [6, 6.07) is 21.7. The summed E-state index contributed by atoms with van der Waals surface area (Å²) in [5.41, 5.74) is 3.69. The molecule has 2 aliphatic rings. The molecule has 6 nitrogen and oxygen atoms in total. The molecule has 3 aromatic rings. The monoisotopic (exact) mass is 520 g/mol. The molecule has 0 bridgehead atoms. The first-order chi connectivity index (χ1) is 17.4. The Balaban J connectivity index is 1.33. The van der Waals surface area contributed by atoms with E-state index in [1.807, 2.05) is 54.6 Å². The van der Waals surface area contributed by atoms with Crippen LogP contribution in [-0.2, 0) is 9.59 Å². The van der Waals surface area contributed by atoms with E-state index in [2.05, 4.69) is 10.3 Å². The van der Waals surface area contributed by atoms with Crippen molar-refractivity contribution in [3.63, 3.8) is 0 Å². The zero-order valence-corrected chi connectivity index (χ0v) is 20.9. The number of benzene rings is 3. The molecule has 0 saturated heterocycles. The standard InChI is InChI=1S/C27H22ClFN4O2S/c1-16-7-12-20(13-21(16)29)30-25(34)15-24-26(35)31-27(36-24)33-23(18-5-3-2-4-6-18)14-22(32-33)17-8-10-19(28)11-9-17/h2-13,23-24H,14-15H2,1H3,(H,30,34)/t23-,24-/m0/s1. The van der Waals surface area contributed by atoms with E-state index in [4.69, 9.17) is 16.7 Å². The average Bonchev–Trinajstić information content (AvgIpc) is 3.46. The van der Waals surface area contributed by atoms with Gasteiger partial charge in [-0.3, -0.25) is 9.59 Å². The first kappa shape index (κ1) is 24.2. The Kier molecular flexibility index (Phi) is 6.89. The number of hydrazone groups is 1. The molecule has 1 N–H and O–H groups in total. The zero-order valence-electron chi connectivity index (χ0n) is 19.3. The molecule has 0 radical (unpaired) electrons. The Labute approximate surface area is 217 Å². The molecule has 0 fully saturated rings. The SMILES string of the molecule is Cc1ccc(NC(=O)C[C@@H]2SC(N3N=C(c4ccc(Cl)cc4)C[C@H]3c3ccccc3)=NC2=O)cc1F. The van der Waals surface area contributed by atoms with Crippen molar-refractivity contribution in [1.82, 2.24) is 5.01 Å². The Morgan fingerprint density at radius 1 is 1.14 bits per heavy atom.